The number of nitrogens with one attached hydrogen (secondary N) is 2. The third-order valence-electron chi connectivity index (χ3n) is 6.80. The molecule has 0 spiro atoms. The summed E-state index contributed by atoms with van der Waals surface area (Å²) in [5, 5.41) is 8.04. The highest BCUT2D eigenvalue weighted by atomic mass is 35.5. The zero-order chi connectivity index (χ0) is 25.7. The summed E-state index contributed by atoms with van der Waals surface area (Å²) >= 11 is 12.5. The first-order chi connectivity index (χ1) is 17.3. The van der Waals surface area contributed by atoms with E-state index < -0.39 is 5.91 Å². The lowest BCUT2D eigenvalue weighted by Gasteiger charge is -2.35. The molecule has 1 amide bonds. The number of amides is 1. The van der Waals surface area contributed by atoms with Crippen molar-refractivity contribution >= 4 is 46.5 Å². The summed E-state index contributed by atoms with van der Waals surface area (Å²) in [6.45, 7) is 4.76. The molecule has 1 heterocycles. The molecule has 2 atom stereocenters. The molecule has 2 aromatic carbocycles. The van der Waals surface area contributed by atoms with Crippen LogP contribution in [0.15, 0.2) is 47.5 Å². The van der Waals surface area contributed by atoms with Crippen molar-refractivity contribution in [3.05, 3.63) is 63.6 Å². The zero-order valence-corrected chi connectivity index (χ0v) is 22.0. The lowest BCUT2D eigenvalue weighted by Crippen LogP contribution is -2.53. The van der Waals surface area contributed by atoms with Crippen molar-refractivity contribution < 1.29 is 9.59 Å². The maximum absolute atomic E-state index is 11.9. The van der Waals surface area contributed by atoms with E-state index in [1.807, 2.05) is 30.3 Å². The predicted molar refractivity (Wildman–Crippen MR) is 146 cm³/mol. The van der Waals surface area contributed by atoms with E-state index in [9.17, 15) is 9.59 Å². The molecule has 4 N–H and O–H groups in total. The molecule has 7 nitrogen and oxygen atoms in total. The Labute approximate surface area is 222 Å². The number of carbonyl (C=O) groups excluding carboxylic acids is 2. The number of ketones is 1. The molecule has 2 aromatic rings. The maximum atomic E-state index is 11.9. The number of anilines is 1. The highest BCUT2D eigenvalue weighted by molar-refractivity contribution is 6.35. The van der Waals surface area contributed by atoms with Crippen molar-refractivity contribution in [2.24, 2.45) is 10.7 Å². The molecular formula is C27H33Cl2N5O2. The van der Waals surface area contributed by atoms with Gasteiger partial charge in [-0.25, -0.2) is 4.99 Å². The molecule has 1 aliphatic carbocycles. The van der Waals surface area contributed by atoms with Gasteiger partial charge in [0, 0.05) is 66.6 Å². The summed E-state index contributed by atoms with van der Waals surface area (Å²) in [5.74, 6) is 0.489. The van der Waals surface area contributed by atoms with Gasteiger partial charge in [0.15, 0.2) is 5.96 Å². The number of aliphatic imine (C=N–C) groups is 1. The number of piperazine rings is 1. The number of nitrogens with zero attached hydrogens (tertiary/aromatic N) is 2. The maximum Gasteiger partial charge on any atom is 0.218 e. The molecular weight excluding hydrogens is 497 g/mol. The topological polar surface area (TPSA) is 99.8 Å². The van der Waals surface area contributed by atoms with Crippen LogP contribution in [0.3, 0.4) is 0 Å². The van der Waals surface area contributed by atoms with Crippen LogP contribution in [0, 0.1) is 0 Å². The van der Waals surface area contributed by atoms with Crippen LogP contribution in [0.5, 0.6) is 0 Å². The van der Waals surface area contributed by atoms with Crippen molar-refractivity contribution in [3.63, 3.8) is 0 Å². The number of carbonyl (C=O) groups is 2. The van der Waals surface area contributed by atoms with Crippen LogP contribution in [-0.4, -0.2) is 54.3 Å². The highest BCUT2D eigenvalue weighted by Gasteiger charge is 2.24. The standard InChI is InChI=1S/C27H33Cl2N5O2/c1-17-16-34(13-12-31-17)27(33-21-7-9-22(35)10-8-21)32-20-5-2-18(3-6-20)24(15-26(30)36)23-11-4-19(28)14-25(23)29/h2-6,11,14,17,21,24,31H,7-10,12-13,15-16H2,1H3,(H2,30,36)(H,32,33)/t17-,24?/m0/s1. The molecule has 0 aromatic heterocycles. The lowest BCUT2D eigenvalue weighted by molar-refractivity contribution is -0.120. The number of rotatable bonds is 6. The Morgan fingerprint density at radius 3 is 2.56 bits per heavy atom. The summed E-state index contributed by atoms with van der Waals surface area (Å²) in [5.41, 5.74) is 8.21. The average Bonchev–Trinajstić information content (AvgIpc) is 2.84. The number of benzene rings is 2. The van der Waals surface area contributed by atoms with Gasteiger partial charge in [-0.3, -0.25) is 9.59 Å². The second kappa shape index (κ2) is 12.1. The normalized spacial score (nSPS) is 20.3. The summed E-state index contributed by atoms with van der Waals surface area (Å²) in [6.07, 6.45) is 2.92. The first-order valence-corrected chi connectivity index (χ1v) is 13.2. The molecule has 2 aliphatic rings. The molecule has 1 aliphatic heterocycles. The molecule has 4 rings (SSSR count). The molecule has 1 saturated heterocycles. The van der Waals surface area contributed by atoms with Gasteiger partial charge in [-0.15, -0.1) is 0 Å². The van der Waals surface area contributed by atoms with Crippen molar-refractivity contribution in [2.45, 2.75) is 57.0 Å². The SMILES string of the molecule is C[C@H]1CN(C(=NC2CCC(=O)CC2)Nc2ccc(C(CC(N)=O)c3ccc(Cl)cc3Cl)cc2)CCN1. The van der Waals surface area contributed by atoms with E-state index in [4.69, 9.17) is 33.9 Å². The minimum atomic E-state index is -0.401. The number of hydrogen-bond donors (Lipinski definition) is 3. The van der Waals surface area contributed by atoms with E-state index in [-0.39, 0.29) is 18.4 Å². The minimum Gasteiger partial charge on any atom is -0.370 e. The Hall–Kier alpha value is -2.61. The largest absolute Gasteiger partial charge is 0.370 e. The van der Waals surface area contributed by atoms with Gasteiger partial charge in [0.05, 0.1) is 6.04 Å². The van der Waals surface area contributed by atoms with Gasteiger partial charge < -0.3 is 21.3 Å². The van der Waals surface area contributed by atoms with E-state index in [1.165, 1.54) is 0 Å². The van der Waals surface area contributed by atoms with Crippen LogP contribution < -0.4 is 16.4 Å². The zero-order valence-electron chi connectivity index (χ0n) is 20.5. The quantitative estimate of drug-likeness (QED) is 0.375. The second-order valence-electron chi connectivity index (χ2n) is 9.66. The summed E-state index contributed by atoms with van der Waals surface area (Å²) in [6, 6.07) is 13.7. The number of primary amides is 1. The average molecular weight is 531 g/mol. The van der Waals surface area contributed by atoms with E-state index in [0.29, 0.717) is 34.7 Å². The van der Waals surface area contributed by atoms with Crippen molar-refractivity contribution in [1.82, 2.24) is 10.2 Å². The van der Waals surface area contributed by atoms with Gasteiger partial charge in [0.25, 0.3) is 0 Å². The Morgan fingerprint density at radius 1 is 1.19 bits per heavy atom. The van der Waals surface area contributed by atoms with E-state index in [2.05, 4.69) is 22.5 Å². The van der Waals surface area contributed by atoms with E-state index in [0.717, 1.165) is 55.2 Å². The fraction of sp³-hybridized carbons (Fsp3) is 0.444. The molecule has 0 bridgehead atoms. The Bertz CT molecular complexity index is 1110. The Morgan fingerprint density at radius 2 is 1.92 bits per heavy atom. The first-order valence-electron chi connectivity index (χ1n) is 12.5. The van der Waals surface area contributed by atoms with Gasteiger partial charge in [0.2, 0.25) is 5.91 Å². The summed E-state index contributed by atoms with van der Waals surface area (Å²) < 4.78 is 0. The van der Waals surface area contributed by atoms with E-state index in [1.54, 1.807) is 12.1 Å². The first kappa shape index (κ1) is 26.5. The van der Waals surface area contributed by atoms with Gasteiger partial charge in [-0.1, -0.05) is 41.4 Å². The summed E-state index contributed by atoms with van der Waals surface area (Å²) in [4.78, 5) is 30.9. The molecule has 1 saturated carbocycles. The molecule has 2 fully saturated rings. The number of Topliss-reactive ketones (excluding diaryl/α,β-unsaturated/α-hetero) is 1. The van der Waals surface area contributed by atoms with Gasteiger partial charge >= 0.3 is 0 Å². The second-order valence-corrected chi connectivity index (χ2v) is 10.5. The van der Waals surface area contributed by atoms with Crippen molar-refractivity contribution in [2.75, 3.05) is 25.0 Å². The molecule has 9 heteroatoms. The van der Waals surface area contributed by atoms with Crippen LogP contribution in [0.2, 0.25) is 10.0 Å². The van der Waals surface area contributed by atoms with Crippen molar-refractivity contribution in [3.8, 4) is 0 Å². The third kappa shape index (κ3) is 6.99. The monoisotopic (exact) mass is 529 g/mol. The van der Waals surface area contributed by atoms with Gasteiger partial charge in [-0.2, -0.15) is 0 Å². The van der Waals surface area contributed by atoms with Gasteiger partial charge in [0.1, 0.15) is 5.78 Å². The summed E-state index contributed by atoms with van der Waals surface area (Å²) in [7, 11) is 0. The third-order valence-corrected chi connectivity index (χ3v) is 7.36. The highest BCUT2D eigenvalue weighted by Crippen LogP contribution is 2.35. The Balaban J connectivity index is 1.57. The van der Waals surface area contributed by atoms with Crippen LogP contribution >= 0.6 is 23.2 Å². The predicted octanol–water partition coefficient (Wildman–Crippen LogP) is 4.57. The number of guanidine groups is 1. The fourth-order valence-electron chi connectivity index (χ4n) is 4.86. The van der Waals surface area contributed by atoms with Gasteiger partial charge in [-0.05, 0) is 55.2 Å². The number of hydrogen-bond acceptors (Lipinski definition) is 4. The van der Waals surface area contributed by atoms with Crippen LogP contribution in [-0.2, 0) is 9.59 Å². The molecule has 36 heavy (non-hydrogen) atoms. The molecule has 1 unspecified atom stereocenters. The minimum absolute atomic E-state index is 0.139. The lowest BCUT2D eigenvalue weighted by atomic mass is 9.88. The molecule has 192 valence electrons. The number of halogens is 2. The smallest absolute Gasteiger partial charge is 0.218 e. The van der Waals surface area contributed by atoms with E-state index >= 15 is 0 Å². The fourth-order valence-corrected chi connectivity index (χ4v) is 5.40. The van der Waals surface area contributed by atoms with Crippen molar-refractivity contribution in [1.29, 1.82) is 0 Å². The molecule has 0 radical (unpaired) electrons. The van der Waals surface area contributed by atoms with Crippen LogP contribution in [0.4, 0.5) is 5.69 Å². The van der Waals surface area contributed by atoms with Crippen LogP contribution in [0.1, 0.15) is 56.1 Å². The Kier molecular flexibility index (Phi) is 8.88. The van der Waals surface area contributed by atoms with Crippen LogP contribution in [0.25, 0.3) is 0 Å². The number of nitrogens with two attached hydrogens (primary N) is 1.